The van der Waals surface area contributed by atoms with Crippen LogP contribution in [0.3, 0.4) is 0 Å². The van der Waals surface area contributed by atoms with Gasteiger partial charge in [-0.1, -0.05) is 18.2 Å². The van der Waals surface area contributed by atoms with Crippen LogP contribution < -0.4 is 11.0 Å². The Kier molecular flexibility index (Phi) is 4.83. The van der Waals surface area contributed by atoms with Gasteiger partial charge in [-0.15, -0.1) is 5.10 Å². The number of fused-ring (bicyclic) bond motifs is 1. The standard InChI is InChI=1S/C18H19N5O3/c1-19-17(25)14-8-6-13(7-9-14)11-21(2)16(24)12-23-18(26)22-10-4-3-5-15(22)20-23/h3-10H,11-12H2,1-2H3,(H,19,25). The SMILES string of the molecule is CNC(=O)c1ccc(CN(C)C(=O)Cn2nc3ccccn3c2=O)cc1. The van der Waals surface area contributed by atoms with Crippen molar-refractivity contribution < 1.29 is 9.59 Å². The number of nitrogens with zero attached hydrogens (tertiary/aromatic N) is 4. The van der Waals surface area contributed by atoms with E-state index in [0.29, 0.717) is 17.8 Å². The van der Waals surface area contributed by atoms with Gasteiger partial charge >= 0.3 is 5.69 Å². The predicted molar refractivity (Wildman–Crippen MR) is 95.8 cm³/mol. The van der Waals surface area contributed by atoms with E-state index < -0.39 is 0 Å². The van der Waals surface area contributed by atoms with Crippen LogP contribution in [0.4, 0.5) is 0 Å². The van der Waals surface area contributed by atoms with Gasteiger partial charge in [-0.25, -0.2) is 9.48 Å². The molecule has 0 saturated heterocycles. The van der Waals surface area contributed by atoms with E-state index >= 15 is 0 Å². The Morgan fingerprint density at radius 1 is 1.15 bits per heavy atom. The van der Waals surface area contributed by atoms with Crippen molar-refractivity contribution in [1.82, 2.24) is 24.4 Å². The van der Waals surface area contributed by atoms with Crippen molar-refractivity contribution in [3.8, 4) is 0 Å². The highest BCUT2D eigenvalue weighted by Crippen LogP contribution is 2.07. The molecule has 134 valence electrons. The second-order valence-corrected chi connectivity index (χ2v) is 5.89. The van der Waals surface area contributed by atoms with E-state index in [1.54, 1.807) is 62.8 Å². The van der Waals surface area contributed by atoms with Gasteiger partial charge in [0.2, 0.25) is 5.91 Å². The van der Waals surface area contributed by atoms with Gasteiger partial charge in [-0.2, -0.15) is 0 Å². The van der Waals surface area contributed by atoms with E-state index in [9.17, 15) is 14.4 Å². The molecular weight excluding hydrogens is 334 g/mol. The van der Waals surface area contributed by atoms with Crippen LogP contribution in [0.5, 0.6) is 0 Å². The van der Waals surface area contributed by atoms with E-state index in [4.69, 9.17) is 0 Å². The monoisotopic (exact) mass is 353 g/mol. The summed E-state index contributed by atoms with van der Waals surface area (Å²) in [5.41, 5.74) is 1.59. The van der Waals surface area contributed by atoms with Crippen molar-refractivity contribution >= 4 is 17.5 Å². The zero-order chi connectivity index (χ0) is 18.7. The molecule has 3 aromatic rings. The number of pyridine rings is 1. The Hall–Kier alpha value is -3.42. The topological polar surface area (TPSA) is 88.7 Å². The minimum atomic E-state index is -0.350. The molecular formula is C18H19N5O3. The van der Waals surface area contributed by atoms with Crippen molar-refractivity contribution in [2.75, 3.05) is 14.1 Å². The Morgan fingerprint density at radius 3 is 2.54 bits per heavy atom. The third kappa shape index (κ3) is 3.49. The molecule has 2 amide bonds. The maximum absolute atomic E-state index is 12.4. The van der Waals surface area contributed by atoms with Gasteiger partial charge in [0.25, 0.3) is 5.91 Å². The Bertz CT molecular complexity index is 1000. The van der Waals surface area contributed by atoms with Gasteiger partial charge in [0, 0.05) is 32.4 Å². The molecule has 0 aliphatic rings. The van der Waals surface area contributed by atoms with E-state index in [1.165, 1.54) is 9.30 Å². The Morgan fingerprint density at radius 2 is 1.88 bits per heavy atom. The maximum Gasteiger partial charge on any atom is 0.350 e. The molecule has 0 radical (unpaired) electrons. The number of amides is 2. The third-order valence-electron chi connectivity index (χ3n) is 4.06. The Labute approximate surface area is 149 Å². The lowest BCUT2D eigenvalue weighted by molar-refractivity contribution is -0.131. The summed E-state index contributed by atoms with van der Waals surface area (Å²) in [7, 11) is 3.24. The van der Waals surface area contributed by atoms with Crippen molar-refractivity contribution in [1.29, 1.82) is 0 Å². The molecule has 0 fully saturated rings. The van der Waals surface area contributed by atoms with Crippen LogP contribution in [0.25, 0.3) is 5.65 Å². The van der Waals surface area contributed by atoms with Crippen molar-refractivity contribution in [3.63, 3.8) is 0 Å². The van der Waals surface area contributed by atoms with Crippen LogP contribution in [0.1, 0.15) is 15.9 Å². The molecule has 0 bridgehead atoms. The summed E-state index contributed by atoms with van der Waals surface area (Å²) in [5.74, 6) is -0.391. The molecule has 1 N–H and O–H groups in total. The lowest BCUT2D eigenvalue weighted by Crippen LogP contribution is -2.34. The first-order valence-electron chi connectivity index (χ1n) is 8.09. The van der Waals surface area contributed by atoms with Crippen LogP contribution >= 0.6 is 0 Å². The van der Waals surface area contributed by atoms with Crippen LogP contribution in [0.2, 0.25) is 0 Å². The number of hydrogen-bond donors (Lipinski definition) is 1. The normalized spacial score (nSPS) is 10.7. The molecule has 26 heavy (non-hydrogen) atoms. The minimum Gasteiger partial charge on any atom is -0.355 e. The number of likely N-dealkylation sites (N-methyl/N-ethyl adjacent to an activating group) is 1. The summed E-state index contributed by atoms with van der Waals surface area (Å²) in [4.78, 5) is 37.7. The fraction of sp³-hybridized carbons (Fsp3) is 0.222. The number of nitrogens with one attached hydrogen (secondary N) is 1. The second kappa shape index (κ2) is 7.22. The van der Waals surface area contributed by atoms with E-state index in [2.05, 4.69) is 10.4 Å². The van der Waals surface area contributed by atoms with Gasteiger partial charge in [0.15, 0.2) is 5.65 Å². The molecule has 0 aliphatic heterocycles. The summed E-state index contributed by atoms with van der Waals surface area (Å²) >= 11 is 0. The molecule has 8 heteroatoms. The van der Waals surface area contributed by atoms with Crippen molar-refractivity contribution in [2.24, 2.45) is 0 Å². The average Bonchev–Trinajstić information content (AvgIpc) is 2.97. The molecule has 8 nitrogen and oxygen atoms in total. The van der Waals surface area contributed by atoms with Gasteiger partial charge in [0.1, 0.15) is 6.54 Å². The highest BCUT2D eigenvalue weighted by Gasteiger charge is 2.14. The van der Waals surface area contributed by atoms with E-state index in [1.807, 2.05) is 0 Å². The van der Waals surface area contributed by atoms with Gasteiger partial charge in [-0.05, 0) is 29.8 Å². The lowest BCUT2D eigenvalue weighted by Gasteiger charge is -2.17. The molecule has 0 atom stereocenters. The summed E-state index contributed by atoms with van der Waals surface area (Å²) in [6.07, 6.45) is 1.61. The van der Waals surface area contributed by atoms with E-state index in [0.717, 1.165) is 10.2 Å². The zero-order valence-electron chi connectivity index (χ0n) is 14.5. The number of benzene rings is 1. The van der Waals surface area contributed by atoms with Gasteiger partial charge in [0.05, 0.1) is 0 Å². The molecule has 0 unspecified atom stereocenters. The van der Waals surface area contributed by atoms with Crippen molar-refractivity contribution in [2.45, 2.75) is 13.1 Å². The fourth-order valence-corrected chi connectivity index (χ4v) is 2.59. The van der Waals surface area contributed by atoms with Crippen LogP contribution in [0, 0.1) is 0 Å². The first-order valence-corrected chi connectivity index (χ1v) is 8.09. The molecule has 3 rings (SSSR count). The summed E-state index contributed by atoms with van der Waals surface area (Å²) in [5, 5.41) is 6.72. The van der Waals surface area contributed by atoms with Crippen molar-refractivity contribution in [3.05, 3.63) is 70.3 Å². The number of rotatable bonds is 5. The van der Waals surface area contributed by atoms with Crippen LogP contribution in [-0.2, 0) is 17.9 Å². The molecule has 0 saturated carbocycles. The predicted octanol–water partition coefficient (Wildman–Crippen LogP) is 0.514. The van der Waals surface area contributed by atoms with Gasteiger partial charge in [-0.3, -0.25) is 14.0 Å². The average molecular weight is 353 g/mol. The quantitative estimate of drug-likeness (QED) is 0.724. The zero-order valence-corrected chi connectivity index (χ0v) is 14.5. The lowest BCUT2D eigenvalue weighted by atomic mass is 10.1. The smallest absolute Gasteiger partial charge is 0.350 e. The van der Waals surface area contributed by atoms with Crippen LogP contribution in [-0.4, -0.2) is 45.0 Å². The second-order valence-electron chi connectivity index (χ2n) is 5.89. The number of carbonyl (C=O) groups excluding carboxylic acids is 2. The summed E-state index contributed by atoms with van der Waals surface area (Å²) in [6.45, 7) is 0.238. The largest absolute Gasteiger partial charge is 0.355 e. The van der Waals surface area contributed by atoms with Gasteiger partial charge < -0.3 is 10.2 Å². The highest BCUT2D eigenvalue weighted by molar-refractivity contribution is 5.93. The summed E-state index contributed by atoms with van der Waals surface area (Å²) in [6, 6.07) is 12.2. The molecule has 2 heterocycles. The number of aromatic nitrogens is 3. The first kappa shape index (κ1) is 17.4. The number of hydrogen-bond acceptors (Lipinski definition) is 4. The molecule has 1 aromatic carbocycles. The summed E-state index contributed by atoms with van der Waals surface area (Å²) < 4.78 is 2.55. The number of carbonyl (C=O) groups is 2. The van der Waals surface area contributed by atoms with E-state index in [-0.39, 0.29) is 24.0 Å². The third-order valence-corrected chi connectivity index (χ3v) is 4.06. The highest BCUT2D eigenvalue weighted by atomic mass is 16.2. The molecule has 0 aliphatic carbocycles. The fourth-order valence-electron chi connectivity index (χ4n) is 2.59. The molecule has 2 aromatic heterocycles. The van der Waals surface area contributed by atoms with Crippen LogP contribution in [0.15, 0.2) is 53.5 Å². The molecule has 0 spiro atoms. The minimum absolute atomic E-state index is 0.132. The first-order chi connectivity index (χ1) is 12.5. The Balaban J connectivity index is 1.68. The maximum atomic E-state index is 12.4.